The first kappa shape index (κ1) is 9.77. The van der Waals surface area contributed by atoms with Crippen LogP contribution in [0.25, 0.3) is 0 Å². The highest BCUT2D eigenvalue weighted by atomic mass is 19.1. The number of carboxylic acid groups (broad SMARTS) is 1. The van der Waals surface area contributed by atoms with Gasteiger partial charge >= 0.3 is 5.97 Å². The van der Waals surface area contributed by atoms with Crippen molar-refractivity contribution in [3.8, 4) is 0 Å². The first-order valence-electron chi connectivity index (χ1n) is 3.97. The SMILES string of the molecule is CC1C(F)=CC=C(N)C1(C)C(=O)O. The Balaban J connectivity index is 3.19. The molecule has 0 aromatic carbocycles. The molecule has 3 nitrogen and oxygen atoms in total. The summed E-state index contributed by atoms with van der Waals surface area (Å²) in [5.41, 5.74) is 4.40. The largest absolute Gasteiger partial charge is 0.481 e. The molecule has 0 spiro atoms. The van der Waals surface area contributed by atoms with Gasteiger partial charge in [-0.25, -0.2) is 4.39 Å². The minimum Gasteiger partial charge on any atom is -0.481 e. The minimum atomic E-state index is -1.32. The second-order valence-electron chi connectivity index (χ2n) is 3.40. The number of rotatable bonds is 1. The molecule has 0 heterocycles. The van der Waals surface area contributed by atoms with E-state index in [1.165, 1.54) is 26.0 Å². The molecule has 0 amide bonds. The maximum absolute atomic E-state index is 13.1. The van der Waals surface area contributed by atoms with Gasteiger partial charge in [-0.2, -0.15) is 0 Å². The minimum absolute atomic E-state index is 0.189. The molecule has 1 aliphatic rings. The number of hydrogen-bond donors (Lipinski definition) is 2. The Bertz CT molecular complexity index is 309. The van der Waals surface area contributed by atoms with Crippen LogP contribution in [0.15, 0.2) is 23.7 Å². The number of carboxylic acids is 1. The summed E-state index contributed by atoms with van der Waals surface area (Å²) in [4.78, 5) is 10.9. The molecule has 0 fully saturated rings. The van der Waals surface area contributed by atoms with Gasteiger partial charge in [-0.05, 0) is 19.1 Å². The Morgan fingerprint density at radius 2 is 2.23 bits per heavy atom. The number of allylic oxidation sites excluding steroid dienone is 3. The summed E-state index contributed by atoms with van der Waals surface area (Å²) < 4.78 is 13.1. The maximum atomic E-state index is 13.1. The van der Waals surface area contributed by atoms with Crippen LogP contribution in [0.1, 0.15) is 13.8 Å². The van der Waals surface area contributed by atoms with Crippen molar-refractivity contribution in [2.75, 3.05) is 0 Å². The van der Waals surface area contributed by atoms with E-state index < -0.39 is 23.1 Å². The zero-order valence-electron chi connectivity index (χ0n) is 7.54. The van der Waals surface area contributed by atoms with E-state index in [1.807, 2.05) is 0 Å². The van der Waals surface area contributed by atoms with Crippen LogP contribution < -0.4 is 5.73 Å². The van der Waals surface area contributed by atoms with E-state index in [-0.39, 0.29) is 5.70 Å². The van der Waals surface area contributed by atoms with E-state index in [0.29, 0.717) is 0 Å². The number of hydrogen-bond acceptors (Lipinski definition) is 2. The van der Waals surface area contributed by atoms with Crippen molar-refractivity contribution in [3.05, 3.63) is 23.7 Å². The van der Waals surface area contributed by atoms with Crippen LogP contribution in [0, 0.1) is 11.3 Å². The van der Waals surface area contributed by atoms with Crippen molar-refractivity contribution in [2.45, 2.75) is 13.8 Å². The van der Waals surface area contributed by atoms with Gasteiger partial charge in [-0.1, -0.05) is 6.92 Å². The molecule has 72 valence electrons. The molecule has 4 heteroatoms. The van der Waals surface area contributed by atoms with Crippen molar-refractivity contribution in [1.29, 1.82) is 0 Å². The standard InChI is InChI=1S/C9H12FNO2/c1-5-6(10)3-4-7(11)9(5,2)8(12)13/h3-5H,11H2,1-2H3,(H,12,13). The molecule has 0 bridgehead atoms. The second-order valence-corrected chi connectivity index (χ2v) is 3.40. The van der Waals surface area contributed by atoms with Crippen molar-refractivity contribution in [3.63, 3.8) is 0 Å². The lowest BCUT2D eigenvalue weighted by Gasteiger charge is -2.33. The third-order valence-electron chi connectivity index (χ3n) is 2.75. The Hall–Kier alpha value is -1.32. The van der Waals surface area contributed by atoms with Gasteiger partial charge in [0, 0.05) is 11.6 Å². The van der Waals surface area contributed by atoms with Gasteiger partial charge in [0.1, 0.15) is 11.2 Å². The highest BCUT2D eigenvalue weighted by Gasteiger charge is 2.45. The molecular weight excluding hydrogens is 173 g/mol. The third kappa shape index (κ3) is 1.22. The number of carbonyl (C=O) groups is 1. The zero-order valence-corrected chi connectivity index (χ0v) is 7.54. The van der Waals surface area contributed by atoms with Gasteiger partial charge in [-0.3, -0.25) is 4.79 Å². The average molecular weight is 185 g/mol. The smallest absolute Gasteiger partial charge is 0.316 e. The fraction of sp³-hybridized carbons (Fsp3) is 0.444. The quantitative estimate of drug-likeness (QED) is 0.649. The van der Waals surface area contributed by atoms with E-state index in [9.17, 15) is 9.18 Å². The lowest BCUT2D eigenvalue weighted by atomic mass is 9.72. The number of nitrogens with two attached hydrogens (primary N) is 1. The van der Waals surface area contributed by atoms with Crippen molar-refractivity contribution < 1.29 is 14.3 Å². The molecule has 2 atom stereocenters. The summed E-state index contributed by atoms with van der Waals surface area (Å²) in [6.07, 6.45) is 2.52. The maximum Gasteiger partial charge on any atom is 0.316 e. The molecule has 0 aliphatic heterocycles. The molecule has 0 radical (unpaired) electrons. The zero-order chi connectivity index (χ0) is 10.2. The van der Waals surface area contributed by atoms with Crippen LogP contribution >= 0.6 is 0 Å². The summed E-state index contributed by atoms with van der Waals surface area (Å²) in [5, 5.41) is 8.94. The summed E-state index contributed by atoms with van der Waals surface area (Å²) in [5.74, 6) is -2.26. The summed E-state index contributed by atoms with van der Waals surface area (Å²) in [6, 6.07) is 0. The van der Waals surface area contributed by atoms with E-state index >= 15 is 0 Å². The average Bonchev–Trinajstić information content (AvgIpc) is 2.08. The van der Waals surface area contributed by atoms with Gasteiger partial charge in [0.25, 0.3) is 0 Å². The van der Waals surface area contributed by atoms with Crippen LogP contribution in [0.2, 0.25) is 0 Å². The second kappa shape index (κ2) is 2.87. The normalized spacial score (nSPS) is 33.6. The molecule has 0 aromatic heterocycles. The first-order valence-corrected chi connectivity index (χ1v) is 3.97. The Morgan fingerprint density at radius 3 is 2.62 bits per heavy atom. The Kier molecular flexibility index (Phi) is 2.15. The fourth-order valence-corrected chi connectivity index (χ4v) is 1.32. The van der Waals surface area contributed by atoms with Crippen molar-refractivity contribution in [2.24, 2.45) is 17.1 Å². The number of halogens is 1. The molecule has 1 aliphatic carbocycles. The van der Waals surface area contributed by atoms with Crippen LogP contribution in [0.3, 0.4) is 0 Å². The lowest BCUT2D eigenvalue weighted by Crippen LogP contribution is -2.41. The molecule has 13 heavy (non-hydrogen) atoms. The van der Waals surface area contributed by atoms with Gasteiger partial charge in [0.2, 0.25) is 0 Å². The van der Waals surface area contributed by atoms with Gasteiger partial charge < -0.3 is 10.8 Å². The van der Waals surface area contributed by atoms with E-state index in [2.05, 4.69) is 0 Å². The molecule has 0 saturated heterocycles. The predicted molar refractivity (Wildman–Crippen MR) is 46.4 cm³/mol. The highest BCUT2D eigenvalue weighted by Crippen LogP contribution is 2.40. The van der Waals surface area contributed by atoms with Crippen molar-refractivity contribution >= 4 is 5.97 Å². The molecule has 0 saturated carbocycles. The van der Waals surface area contributed by atoms with Crippen LogP contribution in [0.5, 0.6) is 0 Å². The Morgan fingerprint density at radius 1 is 1.69 bits per heavy atom. The van der Waals surface area contributed by atoms with Crippen molar-refractivity contribution in [1.82, 2.24) is 0 Å². The highest BCUT2D eigenvalue weighted by molar-refractivity contribution is 5.79. The van der Waals surface area contributed by atoms with Crippen LogP contribution in [-0.2, 0) is 4.79 Å². The fourth-order valence-electron chi connectivity index (χ4n) is 1.32. The first-order chi connectivity index (χ1) is 5.90. The molecular formula is C9H12FNO2. The van der Waals surface area contributed by atoms with Gasteiger partial charge in [-0.15, -0.1) is 0 Å². The summed E-state index contributed by atoms with van der Waals surface area (Å²) >= 11 is 0. The topological polar surface area (TPSA) is 63.3 Å². The Labute approximate surface area is 75.7 Å². The monoisotopic (exact) mass is 185 g/mol. The molecule has 3 N–H and O–H groups in total. The molecule has 0 aromatic rings. The molecule has 1 rings (SSSR count). The summed E-state index contributed by atoms with van der Waals surface area (Å²) in [7, 11) is 0. The van der Waals surface area contributed by atoms with E-state index in [1.54, 1.807) is 0 Å². The summed E-state index contributed by atoms with van der Waals surface area (Å²) in [6.45, 7) is 2.94. The lowest BCUT2D eigenvalue weighted by molar-refractivity contribution is -0.148. The third-order valence-corrected chi connectivity index (χ3v) is 2.75. The predicted octanol–water partition coefficient (Wildman–Crippen LogP) is 1.42. The van der Waals surface area contributed by atoms with Gasteiger partial charge in [0.15, 0.2) is 0 Å². The van der Waals surface area contributed by atoms with Gasteiger partial charge in [0.05, 0.1) is 0 Å². The van der Waals surface area contributed by atoms with E-state index in [0.717, 1.165) is 0 Å². The number of aliphatic carboxylic acids is 1. The van der Waals surface area contributed by atoms with Crippen LogP contribution in [-0.4, -0.2) is 11.1 Å². The molecule has 2 unspecified atom stereocenters. The van der Waals surface area contributed by atoms with Crippen LogP contribution in [0.4, 0.5) is 4.39 Å². The van der Waals surface area contributed by atoms with E-state index in [4.69, 9.17) is 10.8 Å².